The zero-order valence-electron chi connectivity index (χ0n) is 11.5. The van der Waals surface area contributed by atoms with Crippen molar-refractivity contribution < 1.29 is 27.4 Å². The Morgan fingerprint density at radius 1 is 1.52 bits per heavy atom. The van der Waals surface area contributed by atoms with Gasteiger partial charge in [-0.15, -0.1) is 0 Å². The Bertz CT molecular complexity index is 448. The van der Waals surface area contributed by atoms with Gasteiger partial charge in [-0.2, -0.15) is 13.2 Å². The summed E-state index contributed by atoms with van der Waals surface area (Å²) < 4.78 is 45.7. The molecule has 0 aliphatic carbocycles. The maximum Gasteiger partial charge on any atom is 0.411 e. The molecular weight excluding hydrogens is 291 g/mol. The second-order valence-corrected chi connectivity index (χ2v) is 4.15. The molecule has 0 aliphatic heterocycles. The molecule has 0 saturated carbocycles. The highest BCUT2D eigenvalue weighted by Crippen LogP contribution is 2.17. The van der Waals surface area contributed by atoms with Gasteiger partial charge < -0.3 is 25.5 Å². The quantitative estimate of drug-likeness (QED) is 0.633. The van der Waals surface area contributed by atoms with E-state index in [1.165, 1.54) is 6.20 Å². The number of hydrogen-bond donors (Lipinski definition) is 3. The number of anilines is 1. The molecule has 0 aromatic carbocycles. The van der Waals surface area contributed by atoms with Crippen LogP contribution in [-0.2, 0) is 9.47 Å². The fourth-order valence-corrected chi connectivity index (χ4v) is 1.54. The minimum atomic E-state index is -4.41. The Morgan fingerprint density at radius 3 is 2.81 bits per heavy atom. The van der Waals surface area contributed by atoms with E-state index in [4.69, 9.17) is 10.5 Å². The topological polar surface area (TPSA) is 89.4 Å². The molecule has 0 saturated heterocycles. The minimum absolute atomic E-state index is 0.0385. The lowest BCUT2D eigenvalue weighted by Crippen LogP contribution is -2.34. The Labute approximate surface area is 119 Å². The molecule has 6 nitrogen and oxygen atoms in total. The first-order valence-corrected chi connectivity index (χ1v) is 6.34. The summed E-state index contributed by atoms with van der Waals surface area (Å²) in [6.45, 7) is 0.480. The second-order valence-electron chi connectivity index (χ2n) is 4.15. The summed E-state index contributed by atoms with van der Waals surface area (Å²) >= 11 is 0. The predicted molar refractivity (Wildman–Crippen MR) is 70.1 cm³/mol. The van der Waals surface area contributed by atoms with E-state index < -0.39 is 24.9 Å². The highest BCUT2D eigenvalue weighted by molar-refractivity contribution is 5.93. The summed E-state index contributed by atoms with van der Waals surface area (Å²) in [6, 6.07) is 1.57. The number of alkyl halides is 3. The summed E-state index contributed by atoms with van der Waals surface area (Å²) in [7, 11) is 0. The highest BCUT2D eigenvalue weighted by Gasteiger charge is 2.29. The van der Waals surface area contributed by atoms with Gasteiger partial charge in [0.1, 0.15) is 12.3 Å². The molecule has 0 radical (unpaired) electrons. The van der Waals surface area contributed by atoms with E-state index in [0.29, 0.717) is 5.69 Å². The number of H-pyrrole nitrogens is 1. The van der Waals surface area contributed by atoms with E-state index in [1.807, 2.05) is 0 Å². The molecule has 0 fully saturated rings. The fraction of sp³-hybridized carbons (Fsp3) is 0.583. The molecule has 1 heterocycles. The number of aromatic nitrogens is 1. The molecule has 0 bridgehead atoms. The zero-order chi connectivity index (χ0) is 15.9. The van der Waals surface area contributed by atoms with Gasteiger partial charge in [0.25, 0.3) is 0 Å². The van der Waals surface area contributed by atoms with Crippen LogP contribution in [0, 0.1) is 0 Å². The third kappa shape index (κ3) is 6.05. The molecule has 4 N–H and O–H groups in total. The number of nitrogens with two attached hydrogens (primary N) is 1. The lowest BCUT2D eigenvalue weighted by Gasteiger charge is -2.18. The molecule has 0 amide bonds. The van der Waals surface area contributed by atoms with Gasteiger partial charge in [-0.05, 0) is 13.0 Å². The van der Waals surface area contributed by atoms with Crippen LogP contribution in [0.4, 0.5) is 18.9 Å². The number of esters is 1. The number of hydrogen-bond acceptors (Lipinski definition) is 5. The van der Waals surface area contributed by atoms with Crippen molar-refractivity contribution in [3.05, 3.63) is 18.0 Å². The molecule has 0 aliphatic rings. The lowest BCUT2D eigenvalue weighted by atomic mass is 10.3. The first-order valence-electron chi connectivity index (χ1n) is 6.34. The van der Waals surface area contributed by atoms with Gasteiger partial charge in [0, 0.05) is 19.3 Å². The normalized spacial score (nSPS) is 13.0. The van der Waals surface area contributed by atoms with Gasteiger partial charge in [0.15, 0.2) is 0 Å². The largest absolute Gasteiger partial charge is 0.461 e. The second kappa shape index (κ2) is 7.89. The molecule has 1 aromatic rings. The fourth-order valence-electron chi connectivity index (χ4n) is 1.54. The average Bonchev–Trinajstić information content (AvgIpc) is 2.86. The molecule has 1 unspecified atom stereocenters. The van der Waals surface area contributed by atoms with Crippen LogP contribution in [-0.4, -0.2) is 49.5 Å². The Balaban J connectivity index is 2.53. The number of ether oxygens (including phenoxy) is 2. The summed E-state index contributed by atoms with van der Waals surface area (Å²) in [4.78, 5) is 14.3. The van der Waals surface area contributed by atoms with Crippen LogP contribution in [0.15, 0.2) is 12.3 Å². The smallest absolute Gasteiger partial charge is 0.411 e. The van der Waals surface area contributed by atoms with E-state index in [2.05, 4.69) is 15.0 Å². The van der Waals surface area contributed by atoms with Crippen molar-refractivity contribution in [2.45, 2.75) is 19.2 Å². The van der Waals surface area contributed by atoms with Crippen molar-refractivity contribution in [1.29, 1.82) is 0 Å². The summed E-state index contributed by atoms with van der Waals surface area (Å²) in [5.74, 6) is -0.550. The number of carbonyl (C=O) groups is 1. The number of aromatic amines is 1. The van der Waals surface area contributed by atoms with Crippen LogP contribution in [0.1, 0.15) is 17.4 Å². The van der Waals surface area contributed by atoms with Crippen molar-refractivity contribution in [1.82, 2.24) is 4.98 Å². The van der Waals surface area contributed by atoms with Gasteiger partial charge in [0.05, 0.1) is 18.4 Å². The predicted octanol–water partition coefficient (Wildman–Crippen LogP) is 1.51. The summed E-state index contributed by atoms with van der Waals surface area (Å²) in [6.07, 6.45) is -3.71. The van der Waals surface area contributed by atoms with Crippen molar-refractivity contribution in [2.24, 2.45) is 5.73 Å². The average molecular weight is 309 g/mol. The highest BCUT2D eigenvalue weighted by atomic mass is 19.4. The third-order valence-corrected chi connectivity index (χ3v) is 2.49. The van der Waals surface area contributed by atoms with Crippen molar-refractivity contribution in [3.63, 3.8) is 0 Å². The summed E-state index contributed by atoms with van der Waals surface area (Å²) in [5, 5.41) is 2.82. The standard InChI is InChI=1S/C12H18F3N3O3/c1-2-20-11(19)10-9(3-4-17-10)18-6-8(5-16)21-7-12(13,14)15/h3-4,8,17-18H,2,5-7,16H2,1H3. The minimum Gasteiger partial charge on any atom is -0.461 e. The van der Waals surface area contributed by atoms with Crippen LogP contribution in [0.5, 0.6) is 0 Å². The van der Waals surface area contributed by atoms with Gasteiger partial charge in [-0.1, -0.05) is 0 Å². The maximum atomic E-state index is 12.1. The molecule has 0 spiro atoms. The Kier molecular flexibility index (Phi) is 6.50. The van der Waals surface area contributed by atoms with E-state index >= 15 is 0 Å². The van der Waals surface area contributed by atoms with Crippen LogP contribution < -0.4 is 11.1 Å². The molecular formula is C12H18F3N3O3. The Hall–Kier alpha value is -1.74. The molecule has 21 heavy (non-hydrogen) atoms. The number of rotatable bonds is 8. The van der Waals surface area contributed by atoms with Crippen LogP contribution >= 0.6 is 0 Å². The van der Waals surface area contributed by atoms with Crippen molar-refractivity contribution in [2.75, 3.05) is 31.6 Å². The first kappa shape index (κ1) is 17.3. The number of nitrogens with one attached hydrogen (secondary N) is 2. The zero-order valence-corrected chi connectivity index (χ0v) is 11.5. The van der Waals surface area contributed by atoms with Gasteiger partial charge in [-0.25, -0.2) is 4.79 Å². The van der Waals surface area contributed by atoms with E-state index in [-0.39, 0.29) is 25.4 Å². The van der Waals surface area contributed by atoms with Crippen LogP contribution in [0.2, 0.25) is 0 Å². The van der Waals surface area contributed by atoms with E-state index in [0.717, 1.165) is 0 Å². The molecule has 1 atom stereocenters. The van der Waals surface area contributed by atoms with Gasteiger partial charge in [0.2, 0.25) is 0 Å². The third-order valence-electron chi connectivity index (χ3n) is 2.49. The van der Waals surface area contributed by atoms with E-state index in [9.17, 15) is 18.0 Å². The lowest BCUT2D eigenvalue weighted by molar-refractivity contribution is -0.182. The van der Waals surface area contributed by atoms with Gasteiger partial charge >= 0.3 is 12.1 Å². The van der Waals surface area contributed by atoms with E-state index in [1.54, 1.807) is 13.0 Å². The molecule has 1 rings (SSSR count). The number of carbonyl (C=O) groups excluding carboxylic acids is 1. The maximum absolute atomic E-state index is 12.1. The molecule has 9 heteroatoms. The monoisotopic (exact) mass is 309 g/mol. The molecule has 120 valence electrons. The van der Waals surface area contributed by atoms with Crippen LogP contribution in [0.25, 0.3) is 0 Å². The van der Waals surface area contributed by atoms with Crippen LogP contribution in [0.3, 0.4) is 0 Å². The van der Waals surface area contributed by atoms with Crippen molar-refractivity contribution in [3.8, 4) is 0 Å². The number of halogens is 3. The van der Waals surface area contributed by atoms with Gasteiger partial charge in [-0.3, -0.25) is 0 Å². The molecule has 1 aromatic heterocycles. The van der Waals surface area contributed by atoms with Crippen molar-refractivity contribution >= 4 is 11.7 Å². The summed E-state index contributed by atoms with van der Waals surface area (Å²) in [5.41, 5.74) is 5.97. The Morgan fingerprint density at radius 2 is 2.24 bits per heavy atom. The SMILES string of the molecule is CCOC(=O)c1[nH]ccc1NCC(CN)OCC(F)(F)F. The first-order chi connectivity index (χ1) is 9.87.